The van der Waals surface area contributed by atoms with Crippen molar-refractivity contribution < 1.29 is 9.90 Å². The minimum Gasteiger partial charge on any atom is -0.391 e. The summed E-state index contributed by atoms with van der Waals surface area (Å²) in [5.41, 5.74) is 5.81. The fraction of sp³-hybridized carbons (Fsp3) is 0.667. The second kappa shape index (κ2) is 5.97. The highest BCUT2D eigenvalue weighted by molar-refractivity contribution is 5.92. The number of aliphatic hydroxyl groups is 1. The number of nitrogens with two attached hydrogens (primary N) is 1. The van der Waals surface area contributed by atoms with E-state index in [-0.39, 0.29) is 11.9 Å². The zero-order chi connectivity index (χ0) is 13.0. The summed E-state index contributed by atoms with van der Waals surface area (Å²) < 4.78 is 1.78. The highest BCUT2D eigenvalue weighted by Gasteiger charge is 2.25. The van der Waals surface area contributed by atoms with E-state index in [1.807, 2.05) is 0 Å². The molecule has 6 heteroatoms. The number of amides is 1. The average Bonchev–Trinajstić information content (AvgIpc) is 2.81. The van der Waals surface area contributed by atoms with Crippen molar-refractivity contribution >= 4 is 5.91 Å². The average molecular weight is 252 g/mol. The lowest BCUT2D eigenvalue weighted by molar-refractivity contribution is 0.0714. The van der Waals surface area contributed by atoms with Crippen LogP contribution in [-0.2, 0) is 6.54 Å². The lowest BCUT2D eigenvalue weighted by atomic mass is 9.92. The largest absolute Gasteiger partial charge is 0.391 e. The minimum atomic E-state index is -0.436. The number of nitrogens with one attached hydrogen (secondary N) is 1. The van der Waals surface area contributed by atoms with Crippen molar-refractivity contribution in [1.29, 1.82) is 0 Å². The zero-order valence-corrected chi connectivity index (χ0v) is 10.4. The first-order valence-electron chi connectivity index (χ1n) is 6.41. The van der Waals surface area contributed by atoms with Crippen molar-refractivity contribution in [3.05, 3.63) is 18.2 Å². The van der Waals surface area contributed by atoms with Gasteiger partial charge in [-0.3, -0.25) is 4.79 Å². The van der Waals surface area contributed by atoms with Gasteiger partial charge in [-0.15, -0.1) is 0 Å². The normalized spacial score (nSPS) is 23.9. The molecule has 0 radical (unpaired) electrons. The van der Waals surface area contributed by atoms with Crippen molar-refractivity contribution in [2.24, 2.45) is 5.73 Å². The Balaban J connectivity index is 1.93. The molecule has 0 aliphatic heterocycles. The third-order valence-electron chi connectivity index (χ3n) is 3.30. The lowest BCUT2D eigenvalue weighted by Gasteiger charge is -2.27. The van der Waals surface area contributed by atoms with Crippen molar-refractivity contribution in [2.75, 3.05) is 6.54 Å². The molecule has 1 aliphatic carbocycles. The summed E-state index contributed by atoms with van der Waals surface area (Å²) in [5.74, 6) is -0.225. The van der Waals surface area contributed by atoms with E-state index in [4.69, 9.17) is 5.73 Å². The van der Waals surface area contributed by atoms with E-state index in [0.717, 1.165) is 25.7 Å². The minimum absolute atomic E-state index is 0.147. The van der Waals surface area contributed by atoms with Crippen LogP contribution in [0.5, 0.6) is 0 Å². The Morgan fingerprint density at radius 3 is 3.06 bits per heavy atom. The van der Waals surface area contributed by atoms with E-state index >= 15 is 0 Å². The smallest absolute Gasteiger partial charge is 0.271 e. The molecule has 0 unspecified atom stereocenters. The van der Waals surface area contributed by atoms with Gasteiger partial charge in [0.2, 0.25) is 0 Å². The monoisotopic (exact) mass is 252 g/mol. The molecule has 0 bridgehead atoms. The zero-order valence-electron chi connectivity index (χ0n) is 10.4. The number of carbonyl (C=O) groups is 1. The van der Waals surface area contributed by atoms with Crippen LogP contribution in [0.15, 0.2) is 12.5 Å². The molecular weight excluding hydrogens is 232 g/mol. The molecule has 1 heterocycles. The van der Waals surface area contributed by atoms with E-state index < -0.39 is 6.10 Å². The predicted octanol–water partition coefficient (Wildman–Crippen LogP) is -0.125. The molecule has 6 nitrogen and oxygen atoms in total. The maximum absolute atomic E-state index is 11.9. The number of carbonyl (C=O) groups excluding carboxylic acids is 1. The molecule has 1 aliphatic rings. The van der Waals surface area contributed by atoms with Gasteiger partial charge in [-0.05, 0) is 12.8 Å². The third-order valence-corrected chi connectivity index (χ3v) is 3.30. The maximum Gasteiger partial charge on any atom is 0.271 e. The summed E-state index contributed by atoms with van der Waals surface area (Å²) in [4.78, 5) is 16.0. The van der Waals surface area contributed by atoms with Gasteiger partial charge in [-0.2, -0.15) is 0 Å². The molecule has 100 valence electrons. The van der Waals surface area contributed by atoms with Gasteiger partial charge < -0.3 is 20.7 Å². The quantitative estimate of drug-likeness (QED) is 0.696. The molecule has 1 aromatic heterocycles. The van der Waals surface area contributed by atoms with Crippen LogP contribution < -0.4 is 11.1 Å². The number of nitrogens with zero attached hydrogens (tertiary/aromatic N) is 2. The standard InChI is InChI=1S/C12H20N4O2/c13-5-6-16-7-10(14-8-16)12(18)15-9-3-1-2-4-11(9)17/h7-9,11,17H,1-6,13H2,(H,15,18)/t9-,11-/m1/s1. The van der Waals surface area contributed by atoms with Crippen molar-refractivity contribution in [2.45, 2.75) is 44.4 Å². The summed E-state index contributed by atoms with van der Waals surface area (Å²) in [6.45, 7) is 1.16. The predicted molar refractivity (Wildman–Crippen MR) is 67.0 cm³/mol. The van der Waals surface area contributed by atoms with Crippen LogP contribution in [-0.4, -0.2) is 39.3 Å². The summed E-state index contributed by atoms with van der Waals surface area (Å²) in [6.07, 6.45) is 6.50. The first-order valence-corrected chi connectivity index (χ1v) is 6.41. The summed E-state index contributed by atoms with van der Waals surface area (Å²) >= 11 is 0. The van der Waals surface area contributed by atoms with Gasteiger partial charge in [-0.1, -0.05) is 12.8 Å². The molecule has 1 amide bonds. The number of imidazole rings is 1. The van der Waals surface area contributed by atoms with E-state index in [1.165, 1.54) is 0 Å². The first-order chi connectivity index (χ1) is 8.70. The van der Waals surface area contributed by atoms with Gasteiger partial charge in [0.25, 0.3) is 5.91 Å². The molecule has 0 saturated heterocycles. The summed E-state index contributed by atoms with van der Waals surface area (Å²) in [7, 11) is 0. The first kappa shape index (κ1) is 13.0. The van der Waals surface area contributed by atoms with E-state index in [9.17, 15) is 9.90 Å². The van der Waals surface area contributed by atoms with Crippen LogP contribution >= 0.6 is 0 Å². The van der Waals surface area contributed by atoms with E-state index in [0.29, 0.717) is 18.8 Å². The van der Waals surface area contributed by atoms with Gasteiger partial charge in [0.15, 0.2) is 0 Å². The van der Waals surface area contributed by atoms with Crippen molar-refractivity contribution in [3.8, 4) is 0 Å². The van der Waals surface area contributed by atoms with Crippen LogP contribution in [0.2, 0.25) is 0 Å². The Kier molecular flexibility index (Phi) is 4.33. The van der Waals surface area contributed by atoms with Gasteiger partial charge >= 0.3 is 0 Å². The fourth-order valence-electron chi connectivity index (χ4n) is 2.27. The molecule has 2 rings (SSSR count). The molecular formula is C12H20N4O2. The fourth-order valence-corrected chi connectivity index (χ4v) is 2.27. The molecule has 18 heavy (non-hydrogen) atoms. The molecule has 1 fully saturated rings. The second-order valence-corrected chi connectivity index (χ2v) is 4.72. The Labute approximate surface area is 106 Å². The number of aromatic nitrogens is 2. The third kappa shape index (κ3) is 3.08. The molecule has 0 spiro atoms. The summed E-state index contributed by atoms with van der Waals surface area (Å²) in [6, 6.07) is -0.147. The Morgan fingerprint density at radius 1 is 1.56 bits per heavy atom. The van der Waals surface area contributed by atoms with Gasteiger partial charge in [-0.25, -0.2) is 4.98 Å². The SMILES string of the molecule is NCCn1cnc(C(=O)N[C@@H]2CCCC[C@H]2O)c1. The highest BCUT2D eigenvalue weighted by Crippen LogP contribution is 2.18. The van der Waals surface area contributed by atoms with Crippen molar-refractivity contribution in [1.82, 2.24) is 14.9 Å². The van der Waals surface area contributed by atoms with Crippen LogP contribution in [0.25, 0.3) is 0 Å². The molecule has 2 atom stereocenters. The molecule has 1 saturated carbocycles. The van der Waals surface area contributed by atoms with Gasteiger partial charge in [0.1, 0.15) is 5.69 Å². The van der Waals surface area contributed by atoms with Gasteiger partial charge in [0.05, 0.1) is 18.5 Å². The van der Waals surface area contributed by atoms with Crippen LogP contribution in [0.3, 0.4) is 0 Å². The maximum atomic E-state index is 11.9. The van der Waals surface area contributed by atoms with Crippen molar-refractivity contribution in [3.63, 3.8) is 0 Å². The number of hydrogen-bond acceptors (Lipinski definition) is 4. The molecule has 4 N–H and O–H groups in total. The van der Waals surface area contributed by atoms with Crippen LogP contribution in [0, 0.1) is 0 Å². The Morgan fingerprint density at radius 2 is 2.33 bits per heavy atom. The second-order valence-electron chi connectivity index (χ2n) is 4.72. The Hall–Kier alpha value is -1.40. The van der Waals surface area contributed by atoms with Crippen LogP contribution in [0.4, 0.5) is 0 Å². The van der Waals surface area contributed by atoms with Gasteiger partial charge in [0, 0.05) is 19.3 Å². The molecule has 1 aromatic rings. The molecule has 0 aromatic carbocycles. The van der Waals surface area contributed by atoms with E-state index in [2.05, 4.69) is 10.3 Å². The number of rotatable bonds is 4. The van der Waals surface area contributed by atoms with E-state index in [1.54, 1.807) is 17.1 Å². The topological polar surface area (TPSA) is 93.2 Å². The lowest BCUT2D eigenvalue weighted by Crippen LogP contribution is -2.45. The Bertz CT molecular complexity index is 405. The van der Waals surface area contributed by atoms with Crippen LogP contribution in [0.1, 0.15) is 36.2 Å². The number of aliphatic hydroxyl groups excluding tert-OH is 1. The summed E-state index contributed by atoms with van der Waals surface area (Å²) in [5, 5.41) is 12.6. The highest BCUT2D eigenvalue weighted by atomic mass is 16.3. The number of hydrogen-bond donors (Lipinski definition) is 3.